The topological polar surface area (TPSA) is 55.8 Å². The second kappa shape index (κ2) is 9.23. The van der Waals surface area contributed by atoms with E-state index in [9.17, 15) is 9.59 Å². The van der Waals surface area contributed by atoms with Crippen LogP contribution in [0.25, 0.3) is 0 Å². The minimum absolute atomic E-state index is 0.111. The summed E-state index contributed by atoms with van der Waals surface area (Å²) in [6, 6.07) is 6.96. The normalized spacial score (nSPS) is 10.0. The lowest BCUT2D eigenvalue weighted by Gasteiger charge is -2.20. The van der Waals surface area contributed by atoms with Crippen molar-refractivity contribution >= 4 is 23.5 Å². The van der Waals surface area contributed by atoms with Gasteiger partial charge >= 0.3 is 5.97 Å². The fraction of sp³-hybridized carbons (Fsp3) is 0.467. The van der Waals surface area contributed by atoms with Crippen molar-refractivity contribution in [1.29, 1.82) is 0 Å². The van der Waals surface area contributed by atoms with E-state index < -0.39 is 0 Å². The van der Waals surface area contributed by atoms with Crippen molar-refractivity contribution in [2.75, 3.05) is 26.3 Å². The predicted octanol–water partition coefficient (Wildman–Crippen LogP) is 2.52. The molecular weight excluding hydrogens is 294 g/mol. The first-order valence-electron chi connectivity index (χ1n) is 6.89. The number of ether oxygens (including phenoxy) is 2. The Morgan fingerprint density at radius 3 is 2.57 bits per heavy atom. The third-order valence-corrected chi connectivity index (χ3v) is 3.13. The molecule has 116 valence electrons. The van der Waals surface area contributed by atoms with Gasteiger partial charge in [0, 0.05) is 13.1 Å². The zero-order valence-corrected chi connectivity index (χ0v) is 13.1. The minimum atomic E-state index is -0.309. The maximum absolute atomic E-state index is 12.0. The second-order valence-electron chi connectivity index (χ2n) is 4.25. The summed E-state index contributed by atoms with van der Waals surface area (Å²) < 4.78 is 10.2. The van der Waals surface area contributed by atoms with Crippen molar-refractivity contribution in [3.63, 3.8) is 0 Å². The van der Waals surface area contributed by atoms with Gasteiger partial charge in [0.1, 0.15) is 5.75 Å². The quantitative estimate of drug-likeness (QED) is 0.692. The zero-order valence-electron chi connectivity index (χ0n) is 12.3. The number of hydrogen-bond donors (Lipinski definition) is 0. The molecular formula is C15H20ClNO4. The molecule has 5 nitrogen and oxygen atoms in total. The molecule has 21 heavy (non-hydrogen) atoms. The molecule has 1 rings (SSSR count). The maximum Gasteiger partial charge on any atom is 0.307 e. The van der Waals surface area contributed by atoms with Crippen LogP contribution in [0.5, 0.6) is 5.75 Å². The van der Waals surface area contributed by atoms with Crippen LogP contribution in [0.4, 0.5) is 0 Å². The Labute approximate surface area is 129 Å². The number of amides is 1. The standard InChI is InChI=1S/C15H20ClNO4/c1-3-17(10-9-15(19)20-4-2)14(18)11-21-13-8-6-5-7-12(13)16/h5-8H,3-4,9-11H2,1-2H3. The van der Waals surface area contributed by atoms with Crippen molar-refractivity contribution in [3.05, 3.63) is 29.3 Å². The van der Waals surface area contributed by atoms with Crippen LogP contribution >= 0.6 is 11.6 Å². The van der Waals surface area contributed by atoms with Gasteiger partial charge in [-0.1, -0.05) is 23.7 Å². The molecule has 0 unspecified atom stereocenters. The van der Waals surface area contributed by atoms with Crippen LogP contribution in [0.15, 0.2) is 24.3 Å². The summed E-state index contributed by atoms with van der Waals surface area (Å²) in [5.74, 6) is -0.0357. The molecule has 0 saturated carbocycles. The summed E-state index contributed by atoms with van der Waals surface area (Å²) in [7, 11) is 0. The summed E-state index contributed by atoms with van der Waals surface area (Å²) in [6.07, 6.45) is 0.180. The highest BCUT2D eigenvalue weighted by Crippen LogP contribution is 2.22. The van der Waals surface area contributed by atoms with Crippen LogP contribution in [0.2, 0.25) is 5.02 Å². The molecule has 1 amide bonds. The van der Waals surface area contributed by atoms with Crippen molar-refractivity contribution in [3.8, 4) is 5.75 Å². The van der Waals surface area contributed by atoms with E-state index >= 15 is 0 Å². The number of carbonyl (C=O) groups is 2. The maximum atomic E-state index is 12.0. The average Bonchev–Trinajstić information content (AvgIpc) is 2.47. The molecule has 0 fully saturated rings. The Morgan fingerprint density at radius 2 is 1.95 bits per heavy atom. The van der Waals surface area contributed by atoms with Crippen LogP contribution in [-0.4, -0.2) is 43.1 Å². The van der Waals surface area contributed by atoms with Gasteiger partial charge in [-0.25, -0.2) is 0 Å². The summed E-state index contributed by atoms with van der Waals surface area (Å²) in [4.78, 5) is 24.9. The molecule has 0 atom stereocenters. The number of nitrogens with zero attached hydrogens (tertiary/aromatic N) is 1. The molecule has 6 heteroatoms. The molecule has 0 bridgehead atoms. The molecule has 1 aromatic rings. The van der Waals surface area contributed by atoms with Gasteiger partial charge in [0.05, 0.1) is 18.1 Å². The van der Waals surface area contributed by atoms with Gasteiger partial charge in [0.15, 0.2) is 6.61 Å². The number of halogens is 1. The Morgan fingerprint density at radius 1 is 1.24 bits per heavy atom. The lowest BCUT2D eigenvalue weighted by Crippen LogP contribution is -2.36. The number of likely N-dealkylation sites (N-methyl/N-ethyl adjacent to an activating group) is 1. The van der Waals surface area contributed by atoms with Gasteiger partial charge < -0.3 is 14.4 Å². The largest absolute Gasteiger partial charge is 0.482 e. The van der Waals surface area contributed by atoms with Gasteiger partial charge in [-0.2, -0.15) is 0 Å². The van der Waals surface area contributed by atoms with E-state index in [4.69, 9.17) is 21.1 Å². The predicted molar refractivity (Wildman–Crippen MR) is 80.5 cm³/mol. The third kappa shape index (κ3) is 6.04. The van der Waals surface area contributed by atoms with Crippen LogP contribution in [0.1, 0.15) is 20.3 Å². The van der Waals surface area contributed by atoms with E-state index in [-0.39, 0.29) is 24.9 Å². The fourth-order valence-corrected chi connectivity index (χ4v) is 1.90. The van der Waals surface area contributed by atoms with Gasteiger partial charge in [0.2, 0.25) is 0 Å². The zero-order chi connectivity index (χ0) is 15.7. The van der Waals surface area contributed by atoms with Crippen molar-refractivity contribution < 1.29 is 19.1 Å². The molecule has 0 heterocycles. The lowest BCUT2D eigenvalue weighted by molar-refractivity contribution is -0.144. The summed E-state index contributed by atoms with van der Waals surface area (Å²) >= 11 is 5.95. The van der Waals surface area contributed by atoms with Gasteiger partial charge in [0.25, 0.3) is 5.91 Å². The van der Waals surface area contributed by atoms with E-state index in [0.29, 0.717) is 30.5 Å². The Balaban J connectivity index is 2.44. The number of benzene rings is 1. The molecule has 1 aromatic carbocycles. The van der Waals surface area contributed by atoms with Gasteiger partial charge in [-0.15, -0.1) is 0 Å². The summed E-state index contributed by atoms with van der Waals surface area (Å²) in [5.41, 5.74) is 0. The molecule has 0 N–H and O–H groups in total. The fourth-order valence-electron chi connectivity index (χ4n) is 1.71. The lowest BCUT2D eigenvalue weighted by atomic mass is 10.3. The first-order valence-corrected chi connectivity index (χ1v) is 7.27. The smallest absolute Gasteiger partial charge is 0.307 e. The molecule has 0 aliphatic carbocycles. The first kappa shape index (κ1) is 17.3. The first-order chi connectivity index (χ1) is 10.1. The molecule has 0 radical (unpaired) electrons. The van der Waals surface area contributed by atoms with Crippen LogP contribution in [0, 0.1) is 0 Å². The SMILES string of the molecule is CCOC(=O)CCN(CC)C(=O)COc1ccccc1Cl. The van der Waals surface area contributed by atoms with E-state index in [1.54, 1.807) is 36.1 Å². The molecule has 0 saturated heterocycles. The summed E-state index contributed by atoms with van der Waals surface area (Å²) in [5, 5.41) is 0.458. The average molecular weight is 314 g/mol. The molecule has 0 aromatic heterocycles. The number of rotatable bonds is 8. The number of hydrogen-bond acceptors (Lipinski definition) is 4. The number of esters is 1. The van der Waals surface area contributed by atoms with Gasteiger partial charge in [-0.3, -0.25) is 9.59 Å². The van der Waals surface area contributed by atoms with Crippen molar-refractivity contribution in [1.82, 2.24) is 4.90 Å². The minimum Gasteiger partial charge on any atom is -0.482 e. The van der Waals surface area contributed by atoms with Crippen LogP contribution in [-0.2, 0) is 14.3 Å². The van der Waals surface area contributed by atoms with Crippen molar-refractivity contribution in [2.45, 2.75) is 20.3 Å². The Kier molecular flexibility index (Phi) is 7.61. The highest BCUT2D eigenvalue weighted by molar-refractivity contribution is 6.32. The van der Waals surface area contributed by atoms with E-state index in [2.05, 4.69) is 0 Å². The second-order valence-corrected chi connectivity index (χ2v) is 4.65. The third-order valence-electron chi connectivity index (χ3n) is 2.81. The Bertz CT molecular complexity index is 478. The summed E-state index contributed by atoms with van der Waals surface area (Å²) in [6.45, 7) is 4.65. The van der Waals surface area contributed by atoms with E-state index in [1.165, 1.54) is 0 Å². The molecule has 0 aliphatic heterocycles. The highest BCUT2D eigenvalue weighted by atomic mass is 35.5. The number of para-hydroxylation sites is 1. The van der Waals surface area contributed by atoms with Crippen molar-refractivity contribution in [2.24, 2.45) is 0 Å². The van der Waals surface area contributed by atoms with E-state index in [0.717, 1.165) is 0 Å². The highest BCUT2D eigenvalue weighted by Gasteiger charge is 2.15. The monoisotopic (exact) mass is 313 g/mol. The molecule has 0 aliphatic rings. The Hall–Kier alpha value is -1.75. The van der Waals surface area contributed by atoms with Gasteiger partial charge in [-0.05, 0) is 26.0 Å². The number of carbonyl (C=O) groups excluding carboxylic acids is 2. The van der Waals surface area contributed by atoms with Crippen LogP contribution in [0.3, 0.4) is 0 Å². The molecule has 0 spiro atoms. The van der Waals surface area contributed by atoms with Crippen LogP contribution < -0.4 is 4.74 Å². The van der Waals surface area contributed by atoms with E-state index in [1.807, 2.05) is 6.92 Å².